The molecule has 0 unspecified atom stereocenters. The van der Waals surface area contributed by atoms with E-state index in [1.807, 2.05) is 4.90 Å². The Hall–Kier alpha value is -1.43. The Morgan fingerprint density at radius 2 is 2.32 bits per heavy atom. The number of amides is 1. The highest BCUT2D eigenvalue weighted by molar-refractivity contribution is 5.94. The first-order valence-corrected chi connectivity index (χ1v) is 6.94. The van der Waals surface area contributed by atoms with Crippen molar-refractivity contribution in [2.75, 3.05) is 6.61 Å². The zero-order chi connectivity index (χ0) is 13.6. The second-order valence-corrected chi connectivity index (χ2v) is 5.80. The van der Waals surface area contributed by atoms with E-state index in [9.17, 15) is 9.90 Å². The van der Waals surface area contributed by atoms with Gasteiger partial charge in [0.2, 0.25) is 0 Å². The lowest BCUT2D eigenvalue weighted by Gasteiger charge is -2.34. The van der Waals surface area contributed by atoms with Gasteiger partial charge in [0, 0.05) is 17.5 Å². The Morgan fingerprint density at radius 3 is 2.84 bits per heavy atom. The Balaban J connectivity index is 1.91. The van der Waals surface area contributed by atoms with Crippen LogP contribution in [0.3, 0.4) is 0 Å². The Bertz CT molecular complexity index is 495. The minimum atomic E-state index is -0.115. The number of aliphatic hydroxyl groups excluding tert-OH is 1. The molecule has 1 aromatic heterocycles. The minimum Gasteiger partial charge on any atom is -0.396 e. The standard InChI is InChI=1S/C13H20N4O2/c1-3-13(7-18)6-9-4-5-10(13)17(9)12(19)11-8(2)14-16-15-11/h9-10,18H,3-7H2,1-2H3,(H,14,15,16)/t9-,10+,13-/m1/s1. The number of hydrogen-bond acceptors (Lipinski definition) is 4. The molecule has 3 rings (SSSR count). The molecule has 3 atom stereocenters. The third-order valence-corrected chi connectivity index (χ3v) is 5.03. The number of nitrogens with one attached hydrogen (secondary N) is 1. The van der Waals surface area contributed by atoms with Gasteiger partial charge in [-0.1, -0.05) is 6.92 Å². The number of aromatic nitrogens is 3. The summed E-state index contributed by atoms with van der Waals surface area (Å²) >= 11 is 0. The normalized spacial score (nSPS) is 33.1. The van der Waals surface area contributed by atoms with E-state index in [0.29, 0.717) is 11.4 Å². The van der Waals surface area contributed by atoms with Crippen molar-refractivity contribution in [1.29, 1.82) is 0 Å². The number of hydrogen-bond donors (Lipinski definition) is 2. The fraction of sp³-hybridized carbons (Fsp3) is 0.769. The molecule has 19 heavy (non-hydrogen) atoms. The Kier molecular flexibility index (Phi) is 2.85. The molecule has 2 bridgehead atoms. The molecule has 2 aliphatic heterocycles. The zero-order valence-corrected chi connectivity index (χ0v) is 11.4. The van der Waals surface area contributed by atoms with Crippen LogP contribution in [0.4, 0.5) is 0 Å². The van der Waals surface area contributed by atoms with Gasteiger partial charge in [0.25, 0.3) is 5.91 Å². The molecule has 2 aliphatic rings. The Labute approximate surface area is 112 Å². The zero-order valence-electron chi connectivity index (χ0n) is 11.4. The van der Waals surface area contributed by atoms with Crippen LogP contribution in [0.1, 0.15) is 48.8 Å². The number of carbonyl (C=O) groups is 1. The predicted molar refractivity (Wildman–Crippen MR) is 68.5 cm³/mol. The summed E-state index contributed by atoms with van der Waals surface area (Å²) in [5, 5.41) is 20.1. The van der Waals surface area contributed by atoms with Gasteiger partial charge < -0.3 is 10.0 Å². The van der Waals surface area contributed by atoms with Crippen LogP contribution in [0.2, 0.25) is 0 Å². The number of nitrogens with zero attached hydrogens (tertiary/aromatic N) is 3. The maximum absolute atomic E-state index is 12.6. The van der Waals surface area contributed by atoms with Gasteiger partial charge >= 0.3 is 0 Å². The van der Waals surface area contributed by atoms with E-state index in [4.69, 9.17) is 0 Å². The van der Waals surface area contributed by atoms with E-state index in [1.165, 1.54) is 0 Å². The molecule has 0 saturated carbocycles. The maximum atomic E-state index is 12.6. The molecule has 6 nitrogen and oxygen atoms in total. The third kappa shape index (κ3) is 1.62. The van der Waals surface area contributed by atoms with Crippen LogP contribution in [0, 0.1) is 12.3 Å². The van der Waals surface area contributed by atoms with Gasteiger partial charge in [0.15, 0.2) is 5.69 Å². The van der Waals surface area contributed by atoms with Crippen molar-refractivity contribution >= 4 is 5.91 Å². The van der Waals surface area contributed by atoms with Crippen molar-refractivity contribution in [3.05, 3.63) is 11.4 Å². The van der Waals surface area contributed by atoms with E-state index in [-0.39, 0.29) is 30.0 Å². The van der Waals surface area contributed by atoms with Crippen molar-refractivity contribution < 1.29 is 9.90 Å². The topological polar surface area (TPSA) is 82.1 Å². The first kappa shape index (κ1) is 12.6. The van der Waals surface area contributed by atoms with E-state index in [1.54, 1.807) is 6.92 Å². The van der Waals surface area contributed by atoms with Gasteiger partial charge in [-0.05, 0) is 32.6 Å². The molecule has 0 spiro atoms. The van der Waals surface area contributed by atoms with Gasteiger partial charge in [-0.3, -0.25) is 4.79 Å². The van der Waals surface area contributed by atoms with E-state index >= 15 is 0 Å². The highest BCUT2D eigenvalue weighted by atomic mass is 16.3. The largest absolute Gasteiger partial charge is 0.396 e. The van der Waals surface area contributed by atoms with Crippen LogP contribution in [-0.2, 0) is 0 Å². The lowest BCUT2D eigenvalue weighted by Crippen LogP contribution is -2.42. The summed E-state index contributed by atoms with van der Waals surface area (Å²) in [5.74, 6) is -0.0393. The van der Waals surface area contributed by atoms with Crippen LogP contribution in [0.25, 0.3) is 0 Å². The third-order valence-electron chi connectivity index (χ3n) is 5.03. The monoisotopic (exact) mass is 264 g/mol. The van der Waals surface area contributed by atoms with Crippen LogP contribution >= 0.6 is 0 Å². The molecular weight excluding hydrogens is 244 g/mol. The fourth-order valence-corrected chi connectivity index (χ4v) is 3.87. The lowest BCUT2D eigenvalue weighted by molar-refractivity contribution is 0.0552. The van der Waals surface area contributed by atoms with Gasteiger partial charge in [-0.25, -0.2) is 0 Å². The summed E-state index contributed by atoms with van der Waals surface area (Å²) in [7, 11) is 0. The molecule has 104 valence electrons. The molecular formula is C13H20N4O2. The summed E-state index contributed by atoms with van der Waals surface area (Å²) < 4.78 is 0. The lowest BCUT2D eigenvalue weighted by atomic mass is 9.72. The average Bonchev–Trinajstić information content (AvgIpc) is 3.10. The molecule has 0 radical (unpaired) electrons. The second-order valence-electron chi connectivity index (χ2n) is 5.80. The number of rotatable bonds is 3. The smallest absolute Gasteiger partial charge is 0.276 e. The van der Waals surface area contributed by atoms with E-state index in [2.05, 4.69) is 22.3 Å². The van der Waals surface area contributed by atoms with E-state index in [0.717, 1.165) is 25.7 Å². The number of aromatic amines is 1. The van der Waals surface area contributed by atoms with Gasteiger partial charge in [-0.15, -0.1) is 0 Å². The molecule has 2 saturated heterocycles. The highest BCUT2D eigenvalue weighted by Crippen LogP contribution is 2.51. The SMILES string of the molecule is CC[C@]1(CO)C[C@H]2CC[C@@H]1N2C(=O)c1n[nH]nc1C. The number of carbonyl (C=O) groups excluding carboxylic acids is 1. The molecule has 0 aromatic carbocycles. The summed E-state index contributed by atoms with van der Waals surface area (Å²) in [4.78, 5) is 14.6. The van der Waals surface area contributed by atoms with E-state index < -0.39 is 0 Å². The molecule has 2 fully saturated rings. The molecule has 0 aliphatic carbocycles. The van der Waals surface area contributed by atoms with Gasteiger partial charge in [0.05, 0.1) is 12.3 Å². The first-order chi connectivity index (χ1) is 9.13. The summed E-state index contributed by atoms with van der Waals surface area (Å²) in [6, 6.07) is 0.400. The highest BCUT2D eigenvalue weighted by Gasteiger charge is 2.56. The summed E-state index contributed by atoms with van der Waals surface area (Å²) in [6.45, 7) is 4.04. The Morgan fingerprint density at radius 1 is 1.53 bits per heavy atom. The first-order valence-electron chi connectivity index (χ1n) is 6.94. The summed E-state index contributed by atoms with van der Waals surface area (Å²) in [5.41, 5.74) is 0.945. The van der Waals surface area contributed by atoms with Crippen molar-refractivity contribution in [3.8, 4) is 0 Å². The van der Waals surface area contributed by atoms with Crippen LogP contribution in [-0.4, -0.2) is 50.0 Å². The van der Waals surface area contributed by atoms with Crippen molar-refractivity contribution in [1.82, 2.24) is 20.3 Å². The fourth-order valence-electron chi connectivity index (χ4n) is 3.87. The molecule has 1 aromatic rings. The minimum absolute atomic E-state index is 0.0393. The number of aryl methyl sites for hydroxylation is 1. The molecule has 6 heteroatoms. The van der Waals surface area contributed by atoms with Crippen molar-refractivity contribution in [2.45, 2.75) is 51.6 Å². The van der Waals surface area contributed by atoms with Crippen LogP contribution < -0.4 is 0 Å². The van der Waals surface area contributed by atoms with Crippen LogP contribution in [0.15, 0.2) is 0 Å². The second kappa shape index (κ2) is 4.30. The number of aliphatic hydroxyl groups is 1. The van der Waals surface area contributed by atoms with Crippen LogP contribution in [0.5, 0.6) is 0 Å². The van der Waals surface area contributed by atoms with Gasteiger partial charge in [0.1, 0.15) is 0 Å². The number of H-pyrrole nitrogens is 1. The van der Waals surface area contributed by atoms with Crippen molar-refractivity contribution in [3.63, 3.8) is 0 Å². The van der Waals surface area contributed by atoms with Gasteiger partial charge in [-0.2, -0.15) is 15.4 Å². The average molecular weight is 264 g/mol. The molecule has 1 amide bonds. The predicted octanol–water partition coefficient (Wildman–Crippen LogP) is 0.879. The van der Waals surface area contributed by atoms with Crippen molar-refractivity contribution in [2.24, 2.45) is 5.41 Å². The summed E-state index contributed by atoms with van der Waals surface area (Å²) in [6.07, 6.45) is 3.84. The molecule has 3 heterocycles. The quantitative estimate of drug-likeness (QED) is 0.849. The molecule has 2 N–H and O–H groups in total. The number of fused-ring (bicyclic) bond motifs is 2. The maximum Gasteiger partial charge on any atom is 0.276 e.